The van der Waals surface area contributed by atoms with Crippen LogP contribution in [0.1, 0.15) is 10.4 Å². The minimum absolute atomic E-state index is 0.154. The van der Waals surface area contributed by atoms with Crippen LogP contribution in [0.3, 0.4) is 0 Å². The Morgan fingerprint density at radius 1 is 1.16 bits per heavy atom. The summed E-state index contributed by atoms with van der Waals surface area (Å²) in [5, 5.41) is 5.23. The molecule has 1 N–H and O–H groups in total. The first-order chi connectivity index (χ1) is 12.1. The molecule has 0 saturated heterocycles. The number of hydrogen-bond donors (Lipinski definition) is 1. The van der Waals surface area contributed by atoms with E-state index in [-0.39, 0.29) is 5.91 Å². The van der Waals surface area contributed by atoms with E-state index in [1.165, 1.54) is 4.68 Å². The molecule has 0 unspecified atom stereocenters. The largest absolute Gasteiger partial charge is 0.376 e. The molecule has 0 aliphatic heterocycles. The summed E-state index contributed by atoms with van der Waals surface area (Å²) in [4.78, 5) is 22.1. The quantitative estimate of drug-likeness (QED) is 0.626. The van der Waals surface area contributed by atoms with Crippen molar-refractivity contribution in [2.45, 2.75) is 0 Å². The zero-order valence-corrected chi connectivity index (χ0v) is 14.0. The molecule has 0 aliphatic carbocycles. The predicted molar refractivity (Wildman–Crippen MR) is 97.8 cm³/mol. The first-order valence-corrected chi connectivity index (χ1v) is 7.93. The van der Waals surface area contributed by atoms with E-state index in [1.54, 1.807) is 24.5 Å². The number of nitrogens with one attached hydrogen (secondary N) is 1. The minimum Gasteiger partial charge on any atom is -0.376 e. The lowest BCUT2D eigenvalue weighted by Gasteiger charge is -2.11. The highest BCUT2D eigenvalue weighted by Crippen LogP contribution is 2.29. The molecule has 4 aromatic rings. The molecule has 6 nitrogen and oxygen atoms in total. The summed E-state index contributed by atoms with van der Waals surface area (Å²) in [6, 6.07) is 11.2. The third kappa shape index (κ3) is 2.67. The van der Waals surface area contributed by atoms with E-state index in [4.69, 9.17) is 0 Å². The van der Waals surface area contributed by atoms with Gasteiger partial charge in [0, 0.05) is 48.6 Å². The lowest BCUT2D eigenvalue weighted by atomic mass is 10.1. The Balaban J connectivity index is 1.74. The molecular formula is C19H17N5O. The number of H-pyrrole nitrogens is 1. The van der Waals surface area contributed by atoms with E-state index >= 15 is 0 Å². The maximum atomic E-state index is 12.5. The summed E-state index contributed by atoms with van der Waals surface area (Å²) in [6.07, 6.45) is 7.17. The molecule has 0 bridgehead atoms. The summed E-state index contributed by atoms with van der Waals surface area (Å²) >= 11 is 0. The summed E-state index contributed by atoms with van der Waals surface area (Å²) in [5.41, 5.74) is 4.27. The Morgan fingerprint density at radius 2 is 1.96 bits per heavy atom. The van der Waals surface area contributed by atoms with Gasteiger partial charge in [-0.15, -0.1) is 0 Å². The minimum atomic E-state index is -0.154. The van der Waals surface area contributed by atoms with Gasteiger partial charge < -0.3 is 9.88 Å². The van der Waals surface area contributed by atoms with Crippen LogP contribution in [0.25, 0.3) is 22.2 Å². The fraction of sp³-hybridized carbons (Fsp3) is 0.105. The highest BCUT2D eigenvalue weighted by molar-refractivity contribution is 5.98. The lowest BCUT2D eigenvalue weighted by molar-refractivity contribution is 0.0945. The number of fused-ring (bicyclic) bond motifs is 1. The van der Waals surface area contributed by atoms with Crippen molar-refractivity contribution >= 4 is 22.6 Å². The monoisotopic (exact) mass is 331 g/mol. The lowest BCUT2D eigenvalue weighted by Crippen LogP contribution is -2.11. The van der Waals surface area contributed by atoms with Gasteiger partial charge in [-0.25, -0.2) is 9.67 Å². The summed E-state index contributed by atoms with van der Waals surface area (Å²) < 4.78 is 1.37. The van der Waals surface area contributed by atoms with E-state index in [1.807, 2.05) is 49.6 Å². The van der Waals surface area contributed by atoms with E-state index < -0.39 is 0 Å². The highest BCUT2D eigenvalue weighted by atomic mass is 16.2. The van der Waals surface area contributed by atoms with Gasteiger partial charge in [0.05, 0.1) is 18.1 Å². The average molecular weight is 331 g/mol. The van der Waals surface area contributed by atoms with Crippen LogP contribution in [0, 0.1) is 0 Å². The smallest absolute Gasteiger partial charge is 0.278 e. The van der Waals surface area contributed by atoms with Crippen LogP contribution in [0.15, 0.2) is 61.2 Å². The van der Waals surface area contributed by atoms with E-state index in [2.05, 4.69) is 21.1 Å². The third-order valence-electron chi connectivity index (χ3n) is 4.16. The zero-order chi connectivity index (χ0) is 17.4. The molecule has 4 rings (SSSR count). The number of carbonyl (C=O) groups excluding carboxylic acids is 1. The van der Waals surface area contributed by atoms with Crippen molar-refractivity contribution in [3.63, 3.8) is 0 Å². The van der Waals surface area contributed by atoms with Gasteiger partial charge in [0.15, 0.2) is 0 Å². The Morgan fingerprint density at radius 3 is 2.72 bits per heavy atom. The SMILES string of the molecule is CN(C)c1cnc2[nH]cc(-c3cnn(C(=O)c4ccccc4)c3)c2c1. The van der Waals surface area contributed by atoms with Gasteiger partial charge in [0.25, 0.3) is 5.91 Å². The molecule has 0 amide bonds. The number of nitrogens with zero attached hydrogens (tertiary/aromatic N) is 4. The van der Waals surface area contributed by atoms with Crippen LogP contribution in [0.4, 0.5) is 5.69 Å². The second-order valence-corrected chi connectivity index (χ2v) is 6.03. The molecule has 3 heterocycles. The second kappa shape index (κ2) is 5.90. The number of hydrogen-bond acceptors (Lipinski definition) is 4. The second-order valence-electron chi connectivity index (χ2n) is 6.03. The van der Waals surface area contributed by atoms with E-state index in [9.17, 15) is 4.79 Å². The molecule has 0 fully saturated rings. The van der Waals surface area contributed by atoms with Crippen molar-refractivity contribution in [1.82, 2.24) is 19.7 Å². The summed E-state index contributed by atoms with van der Waals surface area (Å²) in [7, 11) is 3.96. The number of anilines is 1. The van der Waals surface area contributed by atoms with Crippen molar-refractivity contribution in [3.8, 4) is 11.1 Å². The van der Waals surface area contributed by atoms with Crippen LogP contribution >= 0.6 is 0 Å². The van der Waals surface area contributed by atoms with Crippen LogP contribution in [-0.4, -0.2) is 39.8 Å². The molecular weight excluding hydrogens is 314 g/mol. The summed E-state index contributed by atoms with van der Waals surface area (Å²) in [5.74, 6) is -0.154. The first-order valence-electron chi connectivity index (χ1n) is 7.93. The molecule has 6 heteroatoms. The average Bonchev–Trinajstić information content (AvgIpc) is 3.28. The molecule has 0 spiro atoms. The molecule has 0 saturated carbocycles. The zero-order valence-electron chi connectivity index (χ0n) is 14.0. The van der Waals surface area contributed by atoms with Crippen molar-refractivity contribution < 1.29 is 4.79 Å². The molecule has 1 aromatic carbocycles. The molecule has 124 valence electrons. The highest BCUT2D eigenvalue weighted by Gasteiger charge is 2.14. The predicted octanol–water partition coefficient (Wildman–Crippen LogP) is 3.18. The van der Waals surface area contributed by atoms with Crippen LogP contribution < -0.4 is 4.90 Å². The van der Waals surface area contributed by atoms with Gasteiger partial charge in [-0.3, -0.25) is 4.79 Å². The van der Waals surface area contributed by atoms with Crippen molar-refractivity contribution in [3.05, 3.63) is 66.7 Å². The Hall–Kier alpha value is -3.41. The van der Waals surface area contributed by atoms with Crippen molar-refractivity contribution in [1.29, 1.82) is 0 Å². The Bertz CT molecular complexity index is 1050. The first kappa shape index (κ1) is 15.1. The van der Waals surface area contributed by atoms with Crippen molar-refractivity contribution in [2.75, 3.05) is 19.0 Å². The third-order valence-corrected chi connectivity index (χ3v) is 4.16. The number of aromatic amines is 1. The van der Waals surface area contributed by atoms with Gasteiger partial charge in [-0.05, 0) is 18.2 Å². The molecule has 25 heavy (non-hydrogen) atoms. The van der Waals surface area contributed by atoms with Crippen LogP contribution in [-0.2, 0) is 0 Å². The molecule has 0 aliphatic rings. The van der Waals surface area contributed by atoms with Gasteiger partial charge >= 0.3 is 0 Å². The van der Waals surface area contributed by atoms with Crippen LogP contribution in [0.5, 0.6) is 0 Å². The van der Waals surface area contributed by atoms with Crippen LogP contribution in [0.2, 0.25) is 0 Å². The normalized spacial score (nSPS) is 11.0. The van der Waals surface area contributed by atoms with E-state index in [0.29, 0.717) is 5.56 Å². The van der Waals surface area contributed by atoms with Gasteiger partial charge in [-0.2, -0.15) is 5.10 Å². The van der Waals surface area contributed by atoms with Crippen molar-refractivity contribution in [2.24, 2.45) is 0 Å². The topological polar surface area (TPSA) is 66.8 Å². The number of pyridine rings is 1. The summed E-state index contributed by atoms with van der Waals surface area (Å²) in [6.45, 7) is 0. The van der Waals surface area contributed by atoms with E-state index in [0.717, 1.165) is 27.8 Å². The number of benzene rings is 1. The maximum absolute atomic E-state index is 12.5. The molecule has 0 radical (unpaired) electrons. The molecule has 3 aromatic heterocycles. The Labute approximate surface area is 144 Å². The standard InChI is InChI=1S/C19H17N5O/c1-23(2)15-8-16-17(11-21-18(16)20-10-15)14-9-22-24(12-14)19(25)13-6-4-3-5-7-13/h3-12H,1-2H3,(H,20,21). The number of aromatic nitrogens is 4. The molecule has 0 atom stereocenters. The number of rotatable bonds is 3. The number of carbonyl (C=O) groups is 1. The maximum Gasteiger partial charge on any atom is 0.278 e. The fourth-order valence-corrected chi connectivity index (χ4v) is 2.76. The van der Waals surface area contributed by atoms with Gasteiger partial charge in [0.1, 0.15) is 5.65 Å². The Kier molecular flexibility index (Phi) is 3.57. The van der Waals surface area contributed by atoms with Gasteiger partial charge in [-0.1, -0.05) is 18.2 Å². The van der Waals surface area contributed by atoms with Gasteiger partial charge in [0.2, 0.25) is 0 Å². The fourth-order valence-electron chi connectivity index (χ4n) is 2.76.